The van der Waals surface area contributed by atoms with E-state index in [4.69, 9.17) is 0 Å². The largest absolute Gasteiger partial charge is 0.357 e. The molecule has 0 saturated carbocycles. The van der Waals surface area contributed by atoms with Crippen molar-refractivity contribution in [3.8, 4) is 0 Å². The number of amides is 2. The Balaban J connectivity index is 1.35. The number of hydrogen-bond acceptors (Lipinski definition) is 5. The number of hydrogen-bond donors (Lipinski definition) is 1. The molecule has 0 bridgehead atoms. The van der Waals surface area contributed by atoms with Gasteiger partial charge in [-0.15, -0.1) is 11.3 Å². The minimum Gasteiger partial charge on any atom is -0.357 e. The maximum atomic E-state index is 12.7. The second-order valence-electron chi connectivity index (χ2n) is 7.16. The van der Waals surface area contributed by atoms with E-state index in [1.54, 1.807) is 11.1 Å². The fourth-order valence-electron chi connectivity index (χ4n) is 3.77. The number of pyridine rings is 1. The third-order valence-electron chi connectivity index (χ3n) is 5.26. The number of likely N-dealkylation sites (tertiary alicyclic amines) is 1. The van der Waals surface area contributed by atoms with Gasteiger partial charge in [-0.1, -0.05) is 6.07 Å². The predicted molar refractivity (Wildman–Crippen MR) is 107 cm³/mol. The first-order chi connectivity index (χ1) is 13.2. The first kappa shape index (κ1) is 18.0. The highest BCUT2D eigenvalue weighted by Gasteiger charge is 2.29. The number of rotatable bonds is 4. The Hall–Kier alpha value is -2.41. The van der Waals surface area contributed by atoms with Gasteiger partial charge in [0.15, 0.2) is 0 Å². The maximum Gasteiger partial charge on any atom is 0.263 e. The Morgan fingerprint density at radius 1 is 1.11 bits per heavy atom. The van der Waals surface area contributed by atoms with Crippen molar-refractivity contribution < 1.29 is 9.59 Å². The normalized spacial score (nSPS) is 19.9. The Morgan fingerprint density at radius 2 is 1.96 bits per heavy atom. The van der Waals surface area contributed by atoms with Gasteiger partial charge in [-0.3, -0.25) is 9.59 Å². The SMILES string of the molecule is O=C(Nc1ccc(N2CCCC2)nc1)C1CCCN(C(=O)c2cccs2)C1. The van der Waals surface area contributed by atoms with Crippen LogP contribution >= 0.6 is 11.3 Å². The molecule has 0 aliphatic carbocycles. The summed E-state index contributed by atoms with van der Waals surface area (Å²) in [4.78, 5) is 34.5. The first-order valence-electron chi connectivity index (χ1n) is 9.55. The monoisotopic (exact) mass is 384 g/mol. The Kier molecular flexibility index (Phi) is 5.38. The van der Waals surface area contributed by atoms with Crippen LogP contribution in [0.25, 0.3) is 0 Å². The molecule has 1 unspecified atom stereocenters. The molecule has 2 aromatic heterocycles. The van der Waals surface area contributed by atoms with Gasteiger partial charge in [-0.05, 0) is 49.3 Å². The van der Waals surface area contributed by atoms with E-state index in [0.717, 1.165) is 36.6 Å². The molecule has 2 aliphatic rings. The van der Waals surface area contributed by atoms with Crippen molar-refractivity contribution in [2.75, 3.05) is 36.4 Å². The molecule has 4 heterocycles. The predicted octanol–water partition coefficient (Wildman–Crippen LogP) is 3.23. The summed E-state index contributed by atoms with van der Waals surface area (Å²) in [5.74, 6) is 0.783. The molecule has 2 amide bonds. The topological polar surface area (TPSA) is 65.5 Å². The summed E-state index contributed by atoms with van der Waals surface area (Å²) in [7, 11) is 0. The van der Waals surface area contributed by atoms with Crippen LogP contribution in [0.1, 0.15) is 35.4 Å². The number of aromatic nitrogens is 1. The van der Waals surface area contributed by atoms with Crippen LogP contribution in [-0.4, -0.2) is 47.9 Å². The molecule has 1 atom stereocenters. The van der Waals surface area contributed by atoms with Crippen molar-refractivity contribution in [2.24, 2.45) is 5.92 Å². The zero-order valence-electron chi connectivity index (χ0n) is 15.3. The Morgan fingerprint density at radius 3 is 2.67 bits per heavy atom. The lowest BCUT2D eigenvalue weighted by Gasteiger charge is -2.31. The van der Waals surface area contributed by atoms with E-state index in [0.29, 0.717) is 18.8 Å². The van der Waals surface area contributed by atoms with Crippen molar-refractivity contribution in [3.63, 3.8) is 0 Å². The number of piperidine rings is 1. The van der Waals surface area contributed by atoms with Crippen LogP contribution in [0.2, 0.25) is 0 Å². The summed E-state index contributed by atoms with van der Waals surface area (Å²) >= 11 is 1.44. The molecule has 2 aromatic rings. The number of thiophene rings is 1. The fourth-order valence-corrected chi connectivity index (χ4v) is 4.46. The van der Waals surface area contributed by atoms with Gasteiger partial charge in [0.1, 0.15) is 5.82 Å². The van der Waals surface area contributed by atoms with Crippen molar-refractivity contribution in [1.82, 2.24) is 9.88 Å². The lowest BCUT2D eigenvalue weighted by molar-refractivity contribution is -0.121. The molecule has 7 heteroatoms. The van der Waals surface area contributed by atoms with E-state index in [1.807, 2.05) is 29.6 Å². The van der Waals surface area contributed by atoms with Gasteiger partial charge in [0.25, 0.3) is 5.91 Å². The van der Waals surface area contributed by atoms with Gasteiger partial charge in [-0.2, -0.15) is 0 Å². The van der Waals surface area contributed by atoms with Crippen LogP contribution in [0.15, 0.2) is 35.8 Å². The summed E-state index contributed by atoms with van der Waals surface area (Å²) in [6.45, 7) is 3.29. The molecule has 2 fully saturated rings. The summed E-state index contributed by atoms with van der Waals surface area (Å²) in [6.07, 6.45) is 5.80. The molecule has 142 valence electrons. The highest BCUT2D eigenvalue weighted by Crippen LogP contribution is 2.23. The quantitative estimate of drug-likeness (QED) is 0.879. The molecule has 0 radical (unpaired) electrons. The van der Waals surface area contributed by atoms with E-state index in [-0.39, 0.29) is 17.7 Å². The molecule has 6 nitrogen and oxygen atoms in total. The summed E-state index contributed by atoms with van der Waals surface area (Å²) in [6, 6.07) is 7.60. The number of nitrogens with one attached hydrogen (secondary N) is 1. The van der Waals surface area contributed by atoms with Crippen LogP contribution < -0.4 is 10.2 Å². The second-order valence-corrected chi connectivity index (χ2v) is 8.10. The standard InChI is InChI=1S/C20H24N4O2S/c25-19(22-16-7-8-18(21-13-16)23-9-1-2-10-23)15-5-3-11-24(14-15)20(26)17-6-4-12-27-17/h4,6-8,12-13,15H,1-3,5,9-11,14H2,(H,22,25). The minimum atomic E-state index is -0.180. The number of anilines is 2. The lowest BCUT2D eigenvalue weighted by Crippen LogP contribution is -2.43. The van der Waals surface area contributed by atoms with Crippen LogP contribution in [-0.2, 0) is 4.79 Å². The van der Waals surface area contributed by atoms with E-state index in [1.165, 1.54) is 24.2 Å². The Bertz CT molecular complexity index is 785. The summed E-state index contributed by atoms with van der Waals surface area (Å²) in [5, 5.41) is 4.87. The third-order valence-corrected chi connectivity index (χ3v) is 6.11. The van der Waals surface area contributed by atoms with E-state index < -0.39 is 0 Å². The van der Waals surface area contributed by atoms with Gasteiger partial charge in [-0.25, -0.2) is 4.98 Å². The Labute approximate surface area is 163 Å². The van der Waals surface area contributed by atoms with Crippen LogP contribution in [0.3, 0.4) is 0 Å². The van der Waals surface area contributed by atoms with Gasteiger partial charge in [0, 0.05) is 26.2 Å². The number of carbonyl (C=O) groups excluding carboxylic acids is 2. The minimum absolute atomic E-state index is 0.0270. The molecular formula is C20H24N4O2S. The van der Waals surface area contributed by atoms with Gasteiger partial charge >= 0.3 is 0 Å². The first-order valence-corrected chi connectivity index (χ1v) is 10.4. The van der Waals surface area contributed by atoms with E-state index in [2.05, 4.69) is 15.2 Å². The average Bonchev–Trinajstić information content (AvgIpc) is 3.42. The second kappa shape index (κ2) is 8.08. The number of nitrogens with zero attached hydrogens (tertiary/aromatic N) is 3. The molecule has 0 aromatic carbocycles. The van der Waals surface area contributed by atoms with Gasteiger partial charge in [0.05, 0.1) is 22.7 Å². The van der Waals surface area contributed by atoms with E-state index >= 15 is 0 Å². The van der Waals surface area contributed by atoms with Crippen molar-refractivity contribution in [1.29, 1.82) is 0 Å². The van der Waals surface area contributed by atoms with Crippen LogP contribution in [0.5, 0.6) is 0 Å². The maximum absolute atomic E-state index is 12.7. The van der Waals surface area contributed by atoms with Crippen molar-refractivity contribution in [3.05, 3.63) is 40.7 Å². The van der Waals surface area contributed by atoms with Crippen molar-refractivity contribution in [2.45, 2.75) is 25.7 Å². The fraction of sp³-hybridized carbons (Fsp3) is 0.450. The molecular weight excluding hydrogens is 360 g/mol. The number of carbonyl (C=O) groups is 2. The smallest absolute Gasteiger partial charge is 0.263 e. The molecule has 1 N–H and O–H groups in total. The highest BCUT2D eigenvalue weighted by atomic mass is 32.1. The molecule has 2 aliphatic heterocycles. The average molecular weight is 385 g/mol. The molecule has 27 heavy (non-hydrogen) atoms. The lowest BCUT2D eigenvalue weighted by atomic mass is 9.97. The van der Waals surface area contributed by atoms with Gasteiger partial charge < -0.3 is 15.1 Å². The highest BCUT2D eigenvalue weighted by molar-refractivity contribution is 7.12. The third kappa shape index (κ3) is 4.13. The zero-order chi connectivity index (χ0) is 18.6. The van der Waals surface area contributed by atoms with Crippen LogP contribution in [0.4, 0.5) is 11.5 Å². The van der Waals surface area contributed by atoms with Crippen molar-refractivity contribution >= 4 is 34.7 Å². The molecule has 2 saturated heterocycles. The molecule has 0 spiro atoms. The zero-order valence-corrected chi connectivity index (χ0v) is 16.1. The molecule has 4 rings (SSSR count). The summed E-state index contributed by atoms with van der Waals surface area (Å²) in [5.41, 5.74) is 0.713. The van der Waals surface area contributed by atoms with Gasteiger partial charge in [0.2, 0.25) is 5.91 Å². The van der Waals surface area contributed by atoms with Crippen LogP contribution in [0, 0.1) is 5.92 Å². The summed E-state index contributed by atoms with van der Waals surface area (Å²) < 4.78 is 0. The van der Waals surface area contributed by atoms with E-state index in [9.17, 15) is 9.59 Å².